The van der Waals surface area contributed by atoms with Crippen molar-refractivity contribution in [3.63, 3.8) is 0 Å². The number of hydrogen-bond donors (Lipinski definition) is 3. The Morgan fingerprint density at radius 1 is 1.21 bits per heavy atom. The Labute approximate surface area is 174 Å². The third kappa shape index (κ3) is 6.41. The summed E-state index contributed by atoms with van der Waals surface area (Å²) in [5.41, 5.74) is -0.212. The topological polar surface area (TPSA) is 131 Å². The van der Waals surface area contributed by atoms with E-state index in [-0.39, 0.29) is 21.5 Å². The van der Waals surface area contributed by atoms with Gasteiger partial charge < -0.3 is 10.1 Å². The van der Waals surface area contributed by atoms with Gasteiger partial charge in [0.1, 0.15) is 0 Å². The van der Waals surface area contributed by atoms with Crippen molar-refractivity contribution < 1.29 is 27.5 Å². The highest BCUT2D eigenvalue weighted by molar-refractivity contribution is 7.89. The first-order chi connectivity index (χ1) is 13.6. The van der Waals surface area contributed by atoms with E-state index in [1.54, 1.807) is 0 Å². The Morgan fingerprint density at radius 3 is 2.55 bits per heavy atom. The number of halogens is 1. The van der Waals surface area contributed by atoms with E-state index in [9.17, 15) is 22.8 Å². The van der Waals surface area contributed by atoms with E-state index in [1.165, 1.54) is 19.2 Å². The van der Waals surface area contributed by atoms with Gasteiger partial charge >= 0.3 is 12.0 Å². The lowest BCUT2D eigenvalue weighted by Crippen LogP contribution is -2.48. The number of sulfonamides is 1. The van der Waals surface area contributed by atoms with Crippen LogP contribution in [-0.4, -0.2) is 46.0 Å². The highest BCUT2D eigenvalue weighted by Gasteiger charge is 2.24. The minimum Gasteiger partial charge on any atom is -0.452 e. The first-order valence-electron chi connectivity index (χ1n) is 9.14. The lowest BCUT2D eigenvalue weighted by Gasteiger charge is -2.29. The van der Waals surface area contributed by atoms with E-state index in [1.807, 2.05) is 6.92 Å². The molecule has 0 heterocycles. The number of esters is 1. The fourth-order valence-electron chi connectivity index (χ4n) is 3.05. The average molecular weight is 446 g/mol. The Balaban J connectivity index is 1.90. The number of nitrogens with one attached hydrogen (secondary N) is 3. The number of rotatable bonds is 6. The number of urea groups is 1. The van der Waals surface area contributed by atoms with Crippen LogP contribution in [0.1, 0.15) is 43.0 Å². The SMILES string of the molecule is CNS(=O)(=O)c1ccc(Cl)c(C(=O)OCC(=O)NC(=O)NC2CCCCC2C)c1. The van der Waals surface area contributed by atoms with Crippen LogP contribution >= 0.6 is 11.6 Å². The van der Waals surface area contributed by atoms with Crippen LogP contribution in [0.2, 0.25) is 5.02 Å². The smallest absolute Gasteiger partial charge is 0.340 e. The second kappa shape index (κ2) is 10.0. The maximum atomic E-state index is 12.2. The average Bonchev–Trinajstić information content (AvgIpc) is 2.68. The molecule has 3 N–H and O–H groups in total. The number of carbonyl (C=O) groups excluding carboxylic acids is 3. The Morgan fingerprint density at radius 2 is 1.90 bits per heavy atom. The predicted molar refractivity (Wildman–Crippen MR) is 106 cm³/mol. The van der Waals surface area contributed by atoms with Gasteiger partial charge in [-0.3, -0.25) is 10.1 Å². The van der Waals surface area contributed by atoms with Gasteiger partial charge in [0.25, 0.3) is 5.91 Å². The molecule has 0 aliphatic heterocycles. The molecule has 1 aliphatic carbocycles. The van der Waals surface area contributed by atoms with E-state index < -0.39 is 34.5 Å². The van der Waals surface area contributed by atoms with Gasteiger partial charge in [-0.2, -0.15) is 0 Å². The summed E-state index contributed by atoms with van der Waals surface area (Å²) in [6, 6.07) is 2.86. The van der Waals surface area contributed by atoms with E-state index in [2.05, 4.69) is 15.4 Å². The molecule has 11 heteroatoms. The van der Waals surface area contributed by atoms with Crippen molar-refractivity contribution in [2.24, 2.45) is 5.92 Å². The first kappa shape index (κ1) is 23.1. The van der Waals surface area contributed by atoms with Crippen LogP contribution in [0.4, 0.5) is 4.79 Å². The highest BCUT2D eigenvalue weighted by atomic mass is 35.5. The standard InChI is InChI=1S/C18H24ClN3O6S/c1-11-5-3-4-6-15(11)21-18(25)22-16(23)10-28-17(24)13-9-12(7-8-14(13)19)29(26,27)20-2/h7-9,11,15,20H,3-6,10H2,1-2H3,(H2,21,22,23,25). The summed E-state index contributed by atoms with van der Waals surface area (Å²) in [6.45, 7) is 1.33. The van der Waals surface area contributed by atoms with Crippen LogP contribution in [0.25, 0.3) is 0 Å². The zero-order valence-corrected chi connectivity index (χ0v) is 17.7. The molecule has 2 rings (SSSR count). The van der Waals surface area contributed by atoms with Crippen molar-refractivity contribution in [1.82, 2.24) is 15.4 Å². The quantitative estimate of drug-likeness (QED) is 0.572. The summed E-state index contributed by atoms with van der Waals surface area (Å²) >= 11 is 5.93. The Bertz CT molecular complexity index is 890. The molecule has 1 aromatic carbocycles. The molecule has 29 heavy (non-hydrogen) atoms. The molecule has 3 amide bonds. The zero-order chi connectivity index (χ0) is 21.6. The normalized spacial score (nSPS) is 19.3. The van der Waals surface area contributed by atoms with Gasteiger partial charge in [-0.25, -0.2) is 22.7 Å². The number of imide groups is 1. The third-order valence-electron chi connectivity index (χ3n) is 4.75. The monoisotopic (exact) mass is 445 g/mol. The zero-order valence-electron chi connectivity index (χ0n) is 16.2. The van der Waals surface area contributed by atoms with Crippen molar-refractivity contribution >= 4 is 39.5 Å². The van der Waals surface area contributed by atoms with Crippen LogP contribution in [0.15, 0.2) is 23.1 Å². The van der Waals surface area contributed by atoms with Crippen LogP contribution in [0.3, 0.4) is 0 Å². The molecule has 2 unspecified atom stereocenters. The van der Waals surface area contributed by atoms with E-state index >= 15 is 0 Å². The van der Waals surface area contributed by atoms with Crippen LogP contribution in [0.5, 0.6) is 0 Å². The number of carbonyl (C=O) groups is 3. The molecule has 0 spiro atoms. The lowest BCUT2D eigenvalue weighted by molar-refractivity contribution is -0.123. The second-order valence-electron chi connectivity index (χ2n) is 6.82. The molecule has 0 radical (unpaired) electrons. The van der Waals surface area contributed by atoms with Crippen LogP contribution in [-0.2, 0) is 19.6 Å². The van der Waals surface area contributed by atoms with Gasteiger partial charge in [0, 0.05) is 6.04 Å². The van der Waals surface area contributed by atoms with Crippen molar-refractivity contribution in [3.8, 4) is 0 Å². The maximum Gasteiger partial charge on any atom is 0.340 e. The van der Waals surface area contributed by atoms with Gasteiger partial charge in [0.15, 0.2) is 6.61 Å². The molecule has 2 atom stereocenters. The minimum atomic E-state index is -3.79. The minimum absolute atomic E-state index is 0.00484. The van der Waals surface area contributed by atoms with E-state index in [0.717, 1.165) is 31.7 Å². The van der Waals surface area contributed by atoms with Crippen molar-refractivity contribution in [2.45, 2.75) is 43.5 Å². The Kier molecular flexibility index (Phi) is 8.00. The van der Waals surface area contributed by atoms with E-state index in [4.69, 9.17) is 16.3 Å². The molecule has 0 aromatic heterocycles. The second-order valence-corrected chi connectivity index (χ2v) is 9.11. The number of ether oxygens (including phenoxy) is 1. The molecule has 0 saturated heterocycles. The third-order valence-corrected chi connectivity index (χ3v) is 6.49. The molecule has 1 aliphatic rings. The van der Waals surface area contributed by atoms with Gasteiger partial charge in [0.2, 0.25) is 10.0 Å². The summed E-state index contributed by atoms with van der Waals surface area (Å²) in [6.07, 6.45) is 4.00. The molecule has 1 aromatic rings. The molecule has 0 bridgehead atoms. The molecule has 1 saturated carbocycles. The van der Waals surface area contributed by atoms with Crippen LogP contribution < -0.4 is 15.4 Å². The summed E-state index contributed by atoms with van der Waals surface area (Å²) in [5.74, 6) is -1.47. The fourth-order valence-corrected chi connectivity index (χ4v) is 4.00. The Hall–Kier alpha value is -2.17. The first-order valence-corrected chi connectivity index (χ1v) is 11.0. The summed E-state index contributed by atoms with van der Waals surface area (Å²) in [5, 5.41) is 4.83. The molecule has 9 nitrogen and oxygen atoms in total. The molecule has 1 fully saturated rings. The van der Waals surface area contributed by atoms with E-state index in [0.29, 0.717) is 5.92 Å². The number of amides is 3. The van der Waals surface area contributed by atoms with Gasteiger partial charge in [0.05, 0.1) is 15.5 Å². The van der Waals surface area contributed by atoms with Gasteiger partial charge in [-0.05, 0) is 44.0 Å². The van der Waals surface area contributed by atoms with Crippen molar-refractivity contribution in [2.75, 3.05) is 13.7 Å². The molecular weight excluding hydrogens is 422 g/mol. The number of hydrogen-bond acceptors (Lipinski definition) is 6. The molecular formula is C18H24ClN3O6S. The van der Waals surface area contributed by atoms with Gasteiger partial charge in [-0.15, -0.1) is 0 Å². The summed E-state index contributed by atoms with van der Waals surface area (Å²) in [4.78, 5) is 35.8. The summed E-state index contributed by atoms with van der Waals surface area (Å²) < 4.78 is 30.7. The lowest BCUT2D eigenvalue weighted by atomic mass is 9.86. The van der Waals surface area contributed by atoms with Crippen molar-refractivity contribution in [1.29, 1.82) is 0 Å². The number of benzene rings is 1. The fraction of sp³-hybridized carbons (Fsp3) is 0.500. The van der Waals surface area contributed by atoms with Crippen molar-refractivity contribution in [3.05, 3.63) is 28.8 Å². The maximum absolute atomic E-state index is 12.2. The largest absolute Gasteiger partial charge is 0.452 e. The van der Waals surface area contributed by atoms with Gasteiger partial charge in [-0.1, -0.05) is 31.4 Å². The van der Waals surface area contributed by atoms with Crippen LogP contribution in [0, 0.1) is 5.92 Å². The molecule has 160 valence electrons. The summed E-state index contributed by atoms with van der Waals surface area (Å²) in [7, 11) is -2.56. The highest BCUT2D eigenvalue weighted by Crippen LogP contribution is 2.23. The predicted octanol–water partition coefficient (Wildman–Crippen LogP) is 1.81.